The number of amides is 2. The van der Waals surface area contributed by atoms with Gasteiger partial charge in [0.05, 0.1) is 10.3 Å². The van der Waals surface area contributed by atoms with Crippen LogP contribution in [0.15, 0.2) is 54.3 Å². The van der Waals surface area contributed by atoms with Crippen LogP contribution < -0.4 is 0 Å². The van der Waals surface area contributed by atoms with E-state index in [1.165, 1.54) is 11.3 Å². The molecule has 2 amide bonds. The number of pyridine rings is 1. The van der Waals surface area contributed by atoms with Crippen molar-refractivity contribution in [3.05, 3.63) is 70.4 Å². The Hall–Kier alpha value is -3.74. The van der Waals surface area contributed by atoms with Crippen LogP contribution in [0.25, 0.3) is 0 Å². The van der Waals surface area contributed by atoms with Crippen LogP contribution in [0.1, 0.15) is 39.7 Å². The number of carboxylic acids is 1. The number of hydrogen-bond acceptors (Lipinski definition) is 6. The lowest BCUT2D eigenvalue weighted by molar-refractivity contribution is -0.192. The third kappa shape index (κ3) is 5.57. The molecule has 5 rings (SSSR count). The number of carboxylic acid groups (broad SMARTS) is 1. The number of piperidine rings is 1. The van der Waals surface area contributed by atoms with Gasteiger partial charge in [-0.25, -0.2) is 4.79 Å². The van der Waals surface area contributed by atoms with Gasteiger partial charge in [0.1, 0.15) is 0 Å². The summed E-state index contributed by atoms with van der Waals surface area (Å²) < 4.78 is 33.6. The number of hydrogen-bond donors (Lipinski definition) is 1. The van der Waals surface area contributed by atoms with Gasteiger partial charge in [0.15, 0.2) is 0 Å². The number of aliphatic carboxylic acids is 1. The van der Waals surface area contributed by atoms with Gasteiger partial charge in [0, 0.05) is 63.4 Å². The van der Waals surface area contributed by atoms with E-state index in [1.54, 1.807) is 18.6 Å². The van der Waals surface area contributed by atoms with Crippen molar-refractivity contribution in [1.82, 2.24) is 24.6 Å². The molecular formula is C25H26F3N5O4S. The van der Waals surface area contributed by atoms with E-state index in [-0.39, 0.29) is 17.7 Å². The second-order valence-electron chi connectivity index (χ2n) is 9.24. The molecule has 202 valence electrons. The summed E-state index contributed by atoms with van der Waals surface area (Å²) in [6.07, 6.45) is 1.91. The number of aromatic nitrogens is 3. The summed E-state index contributed by atoms with van der Waals surface area (Å²) in [5.74, 6) is -2.68. The smallest absolute Gasteiger partial charge is 0.475 e. The molecule has 0 aliphatic carbocycles. The number of halogens is 3. The van der Waals surface area contributed by atoms with Gasteiger partial charge < -0.3 is 14.9 Å². The molecular weight excluding hydrogens is 523 g/mol. The fourth-order valence-electron chi connectivity index (χ4n) is 5.16. The highest BCUT2D eigenvalue weighted by molar-refractivity contribution is 7.12. The Morgan fingerprint density at radius 2 is 1.89 bits per heavy atom. The summed E-state index contributed by atoms with van der Waals surface area (Å²) in [6.45, 7) is 2.29. The first-order valence-electron chi connectivity index (χ1n) is 11.8. The van der Waals surface area contributed by atoms with E-state index in [9.17, 15) is 22.8 Å². The molecule has 0 bridgehead atoms. The van der Waals surface area contributed by atoms with Gasteiger partial charge in [-0.1, -0.05) is 6.07 Å². The van der Waals surface area contributed by atoms with E-state index in [0.29, 0.717) is 19.6 Å². The van der Waals surface area contributed by atoms with Crippen molar-refractivity contribution < 1.29 is 32.7 Å². The highest BCUT2D eigenvalue weighted by Crippen LogP contribution is 2.49. The average molecular weight is 550 g/mol. The van der Waals surface area contributed by atoms with Gasteiger partial charge in [0.25, 0.3) is 5.91 Å². The summed E-state index contributed by atoms with van der Waals surface area (Å²) in [5.41, 5.74) is 1.47. The molecule has 2 aliphatic rings. The minimum absolute atomic E-state index is 0.0121. The van der Waals surface area contributed by atoms with Gasteiger partial charge in [-0.3, -0.25) is 19.3 Å². The molecule has 9 nitrogen and oxygen atoms in total. The summed E-state index contributed by atoms with van der Waals surface area (Å²) in [5, 5.41) is 13.4. The minimum atomic E-state index is -5.08. The number of carbonyl (C=O) groups is 3. The van der Waals surface area contributed by atoms with Gasteiger partial charge in [-0.2, -0.15) is 18.3 Å². The van der Waals surface area contributed by atoms with Crippen molar-refractivity contribution in [2.24, 2.45) is 12.5 Å². The first kappa shape index (κ1) is 27.3. The minimum Gasteiger partial charge on any atom is -0.475 e. The van der Waals surface area contributed by atoms with Crippen molar-refractivity contribution in [2.45, 2.75) is 31.5 Å². The molecule has 5 heterocycles. The van der Waals surface area contributed by atoms with Crippen LogP contribution in [0, 0.1) is 5.41 Å². The maximum absolute atomic E-state index is 14.0. The van der Waals surface area contributed by atoms with E-state index < -0.39 is 17.6 Å². The van der Waals surface area contributed by atoms with Crippen LogP contribution in [0.4, 0.5) is 13.2 Å². The Kier molecular flexibility index (Phi) is 7.86. The number of carbonyl (C=O) groups excluding carboxylic acids is 2. The molecule has 3 aromatic heterocycles. The predicted octanol–water partition coefficient (Wildman–Crippen LogP) is 3.56. The standard InChI is InChI=1S/C23H25N5O2S.C2HF3O2/c1-26-19(7-11-25-26)18-15-28(21(29)20-4-2-13-31-20)16-23(18)8-3-12-27(22(23)30)14-17-5-9-24-10-6-17;3-2(4,5)1(6)7/h2,4-7,9-11,13,18H,3,8,12,14-16H2,1H3;(H,6,7)/t18-,23+;/m0./s1. The Labute approximate surface area is 220 Å². The van der Waals surface area contributed by atoms with Gasteiger partial charge >= 0.3 is 12.1 Å². The SMILES string of the molecule is Cn1nccc1[C@@H]1CN(C(=O)c2cccs2)C[C@]12CCCN(Cc1ccncc1)C2=O.O=C(O)C(F)(F)F. The van der Waals surface area contributed by atoms with E-state index in [1.807, 2.05) is 57.2 Å². The molecule has 38 heavy (non-hydrogen) atoms. The van der Waals surface area contributed by atoms with Gasteiger partial charge in [-0.05, 0) is 48.1 Å². The highest BCUT2D eigenvalue weighted by Gasteiger charge is 2.57. The fraction of sp³-hybridized carbons (Fsp3) is 0.400. The maximum atomic E-state index is 14.0. The number of nitrogens with zero attached hydrogens (tertiary/aromatic N) is 5. The lowest BCUT2D eigenvalue weighted by atomic mass is 9.70. The topological polar surface area (TPSA) is 109 Å². The largest absolute Gasteiger partial charge is 0.490 e. The zero-order valence-electron chi connectivity index (χ0n) is 20.5. The quantitative estimate of drug-likeness (QED) is 0.533. The van der Waals surface area contributed by atoms with E-state index in [2.05, 4.69) is 10.1 Å². The molecule has 0 unspecified atom stereocenters. The molecule has 2 saturated heterocycles. The molecule has 13 heteroatoms. The number of thiophene rings is 1. The zero-order chi connectivity index (χ0) is 27.5. The molecule has 0 aromatic carbocycles. The molecule has 2 fully saturated rings. The summed E-state index contributed by atoms with van der Waals surface area (Å²) >= 11 is 1.45. The fourth-order valence-corrected chi connectivity index (χ4v) is 5.85. The summed E-state index contributed by atoms with van der Waals surface area (Å²) in [4.78, 5) is 44.7. The van der Waals surface area contributed by atoms with Crippen LogP contribution in [0.3, 0.4) is 0 Å². The normalized spacial score (nSPS) is 21.4. The van der Waals surface area contributed by atoms with Crippen LogP contribution in [-0.4, -0.2) is 73.3 Å². The predicted molar refractivity (Wildman–Crippen MR) is 131 cm³/mol. The second-order valence-corrected chi connectivity index (χ2v) is 10.2. The molecule has 2 atom stereocenters. The molecule has 0 radical (unpaired) electrons. The third-order valence-corrected chi connectivity index (χ3v) is 7.77. The van der Waals surface area contributed by atoms with Crippen molar-refractivity contribution in [1.29, 1.82) is 0 Å². The number of aryl methyl sites for hydroxylation is 1. The molecule has 1 spiro atoms. The molecule has 3 aromatic rings. The average Bonchev–Trinajstić information content (AvgIpc) is 3.63. The number of likely N-dealkylation sites (tertiary alicyclic amines) is 2. The van der Waals surface area contributed by atoms with Crippen LogP contribution >= 0.6 is 11.3 Å². The van der Waals surface area contributed by atoms with Crippen molar-refractivity contribution in [3.8, 4) is 0 Å². The maximum Gasteiger partial charge on any atom is 0.490 e. The van der Waals surface area contributed by atoms with E-state index in [4.69, 9.17) is 9.90 Å². The van der Waals surface area contributed by atoms with Crippen molar-refractivity contribution in [3.63, 3.8) is 0 Å². The van der Waals surface area contributed by atoms with Crippen LogP contribution in [-0.2, 0) is 23.2 Å². The molecule has 0 saturated carbocycles. The lowest BCUT2D eigenvalue weighted by Crippen LogP contribution is -2.52. The Balaban J connectivity index is 0.000000426. The Bertz CT molecular complexity index is 1280. The molecule has 2 aliphatic heterocycles. The van der Waals surface area contributed by atoms with E-state index in [0.717, 1.165) is 35.5 Å². The summed E-state index contributed by atoms with van der Waals surface area (Å²) in [7, 11) is 1.91. The van der Waals surface area contributed by atoms with Crippen molar-refractivity contribution in [2.75, 3.05) is 19.6 Å². The third-order valence-electron chi connectivity index (χ3n) is 6.91. The van der Waals surface area contributed by atoms with Crippen molar-refractivity contribution >= 4 is 29.1 Å². The van der Waals surface area contributed by atoms with Crippen LogP contribution in [0.5, 0.6) is 0 Å². The Morgan fingerprint density at radius 1 is 1.18 bits per heavy atom. The first-order valence-corrected chi connectivity index (χ1v) is 12.7. The summed E-state index contributed by atoms with van der Waals surface area (Å²) in [6, 6.07) is 9.64. The van der Waals surface area contributed by atoms with Gasteiger partial charge in [-0.15, -0.1) is 11.3 Å². The zero-order valence-corrected chi connectivity index (χ0v) is 21.3. The second kappa shape index (κ2) is 10.9. The van der Waals surface area contributed by atoms with E-state index >= 15 is 0 Å². The number of alkyl halides is 3. The van der Waals surface area contributed by atoms with Gasteiger partial charge in [0.2, 0.25) is 5.91 Å². The Morgan fingerprint density at radius 3 is 2.47 bits per heavy atom. The lowest BCUT2D eigenvalue weighted by Gasteiger charge is -2.42. The van der Waals surface area contributed by atoms with Crippen LogP contribution in [0.2, 0.25) is 0 Å². The highest BCUT2D eigenvalue weighted by atomic mass is 32.1. The monoisotopic (exact) mass is 549 g/mol. The number of rotatable bonds is 4. The molecule has 1 N–H and O–H groups in total. The first-order chi connectivity index (χ1) is 18.0.